The van der Waals surface area contributed by atoms with Gasteiger partial charge in [-0.1, -0.05) is 18.2 Å². The van der Waals surface area contributed by atoms with Gasteiger partial charge in [0.2, 0.25) is 0 Å². The molecule has 0 radical (unpaired) electrons. The van der Waals surface area contributed by atoms with Crippen LogP contribution in [0.25, 0.3) is 0 Å². The van der Waals surface area contributed by atoms with E-state index >= 15 is 0 Å². The van der Waals surface area contributed by atoms with Crippen molar-refractivity contribution in [3.63, 3.8) is 0 Å². The van der Waals surface area contributed by atoms with Crippen LogP contribution in [0.3, 0.4) is 0 Å². The summed E-state index contributed by atoms with van der Waals surface area (Å²) in [6.45, 7) is 0.174. The van der Waals surface area contributed by atoms with Crippen LogP contribution in [-0.2, 0) is 4.74 Å². The predicted molar refractivity (Wildman–Crippen MR) is 67.3 cm³/mol. The number of methoxy groups -OCH3 is 1. The van der Waals surface area contributed by atoms with Crippen molar-refractivity contribution in [3.8, 4) is 5.75 Å². The first kappa shape index (κ1) is 12.1. The largest absolute Gasteiger partial charge is 0.467 e. The third-order valence-electron chi connectivity index (χ3n) is 2.40. The van der Waals surface area contributed by atoms with Crippen LogP contribution >= 0.6 is 11.3 Å². The molecule has 90 valence electrons. The Morgan fingerprint density at radius 2 is 2.12 bits per heavy atom. The molecule has 3 nitrogen and oxygen atoms in total. The van der Waals surface area contributed by atoms with Gasteiger partial charge in [-0.05, 0) is 28.5 Å². The van der Waals surface area contributed by atoms with Crippen molar-refractivity contribution in [2.45, 2.75) is 6.10 Å². The third-order valence-corrected chi connectivity index (χ3v) is 3.11. The van der Waals surface area contributed by atoms with E-state index in [0.717, 1.165) is 11.1 Å². The summed E-state index contributed by atoms with van der Waals surface area (Å²) < 4.78 is 10.3. The monoisotopic (exact) mass is 250 g/mol. The molecule has 0 aliphatic carbocycles. The number of aliphatic hydroxyl groups is 1. The van der Waals surface area contributed by atoms with Crippen molar-refractivity contribution in [1.82, 2.24) is 0 Å². The molecule has 0 saturated carbocycles. The fraction of sp³-hybridized carbons (Fsp3) is 0.231. The van der Waals surface area contributed by atoms with Gasteiger partial charge in [-0.15, -0.1) is 0 Å². The zero-order chi connectivity index (χ0) is 12.1. The van der Waals surface area contributed by atoms with Crippen molar-refractivity contribution in [2.75, 3.05) is 13.9 Å². The van der Waals surface area contributed by atoms with Gasteiger partial charge < -0.3 is 14.6 Å². The highest BCUT2D eigenvalue weighted by Gasteiger charge is 2.15. The van der Waals surface area contributed by atoms with Crippen LogP contribution in [0.1, 0.15) is 17.2 Å². The summed E-state index contributed by atoms with van der Waals surface area (Å²) in [4.78, 5) is 0. The molecule has 1 aromatic heterocycles. The molecule has 1 N–H and O–H groups in total. The van der Waals surface area contributed by atoms with Gasteiger partial charge >= 0.3 is 0 Å². The molecule has 0 aliphatic heterocycles. The van der Waals surface area contributed by atoms with E-state index in [-0.39, 0.29) is 6.79 Å². The number of thiophene rings is 1. The minimum absolute atomic E-state index is 0.174. The van der Waals surface area contributed by atoms with Crippen LogP contribution < -0.4 is 4.74 Å². The molecule has 0 saturated heterocycles. The molecule has 0 amide bonds. The molecule has 17 heavy (non-hydrogen) atoms. The highest BCUT2D eigenvalue weighted by atomic mass is 32.1. The Morgan fingerprint density at radius 1 is 1.29 bits per heavy atom. The zero-order valence-corrected chi connectivity index (χ0v) is 10.3. The minimum Gasteiger partial charge on any atom is -0.467 e. The Labute approximate surface area is 104 Å². The van der Waals surface area contributed by atoms with Gasteiger partial charge in [0.1, 0.15) is 11.9 Å². The maximum absolute atomic E-state index is 10.2. The normalized spacial score (nSPS) is 12.4. The molecule has 0 bridgehead atoms. The molecule has 1 atom stereocenters. The van der Waals surface area contributed by atoms with Gasteiger partial charge in [-0.25, -0.2) is 0 Å². The molecular weight excluding hydrogens is 236 g/mol. The Morgan fingerprint density at radius 3 is 2.82 bits per heavy atom. The van der Waals surface area contributed by atoms with Crippen LogP contribution in [0.4, 0.5) is 0 Å². The number of rotatable bonds is 5. The maximum atomic E-state index is 10.2. The number of benzene rings is 1. The summed E-state index contributed by atoms with van der Waals surface area (Å²) in [5, 5.41) is 14.1. The molecule has 0 spiro atoms. The van der Waals surface area contributed by atoms with E-state index in [1.165, 1.54) is 0 Å². The van der Waals surface area contributed by atoms with Crippen molar-refractivity contribution in [3.05, 3.63) is 52.2 Å². The first-order valence-electron chi connectivity index (χ1n) is 5.23. The van der Waals surface area contributed by atoms with Crippen molar-refractivity contribution < 1.29 is 14.6 Å². The average molecular weight is 250 g/mol. The maximum Gasteiger partial charge on any atom is 0.188 e. The second-order valence-electron chi connectivity index (χ2n) is 3.55. The number of hydrogen-bond acceptors (Lipinski definition) is 4. The van der Waals surface area contributed by atoms with E-state index in [9.17, 15) is 5.11 Å². The van der Waals surface area contributed by atoms with Gasteiger partial charge in [0.05, 0.1) is 0 Å². The Hall–Kier alpha value is -1.36. The fourth-order valence-electron chi connectivity index (χ4n) is 1.57. The Balaban J connectivity index is 2.25. The quantitative estimate of drug-likeness (QED) is 0.829. The minimum atomic E-state index is -0.658. The number of ether oxygens (including phenoxy) is 2. The molecule has 2 rings (SSSR count). The summed E-state index contributed by atoms with van der Waals surface area (Å²) >= 11 is 1.56. The molecule has 0 fully saturated rings. The lowest BCUT2D eigenvalue weighted by molar-refractivity contribution is 0.0488. The summed E-state index contributed by atoms with van der Waals surface area (Å²) in [6.07, 6.45) is -0.658. The van der Waals surface area contributed by atoms with Gasteiger partial charge in [0, 0.05) is 12.7 Å². The molecular formula is C13H14O3S. The lowest BCUT2D eigenvalue weighted by Crippen LogP contribution is -2.05. The van der Waals surface area contributed by atoms with E-state index < -0.39 is 6.10 Å². The van der Waals surface area contributed by atoms with Crippen LogP contribution in [0.2, 0.25) is 0 Å². The highest BCUT2D eigenvalue weighted by molar-refractivity contribution is 7.07. The topological polar surface area (TPSA) is 38.7 Å². The van der Waals surface area contributed by atoms with Gasteiger partial charge in [-0.3, -0.25) is 0 Å². The van der Waals surface area contributed by atoms with Crippen molar-refractivity contribution in [2.24, 2.45) is 0 Å². The summed E-state index contributed by atoms with van der Waals surface area (Å²) in [5.74, 6) is 0.646. The zero-order valence-electron chi connectivity index (χ0n) is 9.50. The van der Waals surface area contributed by atoms with Crippen LogP contribution in [0.5, 0.6) is 5.75 Å². The SMILES string of the molecule is COCOc1ccccc1[C@H](O)c1ccsc1. The number of para-hydroxylation sites is 1. The standard InChI is InChI=1S/C13H14O3S/c1-15-9-16-12-5-3-2-4-11(12)13(14)10-6-7-17-8-10/h2-8,13-14H,9H2,1H3/t13-/m1/s1. The lowest BCUT2D eigenvalue weighted by Gasteiger charge is -2.14. The number of aliphatic hydroxyl groups excluding tert-OH is 1. The van der Waals surface area contributed by atoms with Gasteiger partial charge in [0.15, 0.2) is 6.79 Å². The van der Waals surface area contributed by atoms with E-state index in [1.807, 2.05) is 41.1 Å². The molecule has 1 heterocycles. The van der Waals surface area contributed by atoms with Crippen molar-refractivity contribution in [1.29, 1.82) is 0 Å². The lowest BCUT2D eigenvalue weighted by atomic mass is 10.0. The third kappa shape index (κ3) is 2.85. The number of hydrogen-bond donors (Lipinski definition) is 1. The van der Waals surface area contributed by atoms with E-state index in [4.69, 9.17) is 9.47 Å². The molecule has 4 heteroatoms. The van der Waals surface area contributed by atoms with E-state index in [2.05, 4.69) is 0 Å². The molecule has 1 aromatic carbocycles. The van der Waals surface area contributed by atoms with Crippen molar-refractivity contribution >= 4 is 11.3 Å². The van der Waals surface area contributed by atoms with Gasteiger partial charge in [0.25, 0.3) is 0 Å². The predicted octanol–water partition coefficient (Wildman–Crippen LogP) is 2.81. The van der Waals surface area contributed by atoms with E-state index in [0.29, 0.717) is 5.75 Å². The summed E-state index contributed by atoms with van der Waals surface area (Å²) in [6, 6.07) is 9.33. The Kier molecular flexibility index (Phi) is 4.14. The summed E-state index contributed by atoms with van der Waals surface area (Å²) in [5.41, 5.74) is 1.63. The molecule has 0 aliphatic rings. The fourth-order valence-corrected chi connectivity index (χ4v) is 2.25. The first-order valence-corrected chi connectivity index (χ1v) is 6.18. The second kappa shape index (κ2) is 5.82. The van der Waals surface area contributed by atoms with Crippen LogP contribution in [0.15, 0.2) is 41.1 Å². The van der Waals surface area contributed by atoms with E-state index in [1.54, 1.807) is 18.4 Å². The van der Waals surface area contributed by atoms with Gasteiger partial charge in [-0.2, -0.15) is 11.3 Å². The summed E-state index contributed by atoms with van der Waals surface area (Å²) in [7, 11) is 1.57. The first-order chi connectivity index (χ1) is 8.33. The average Bonchev–Trinajstić information content (AvgIpc) is 2.89. The highest BCUT2D eigenvalue weighted by Crippen LogP contribution is 2.30. The Bertz CT molecular complexity index is 453. The molecule has 0 unspecified atom stereocenters. The van der Waals surface area contributed by atoms with Crippen LogP contribution in [-0.4, -0.2) is 19.0 Å². The molecule has 2 aromatic rings. The van der Waals surface area contributed by atoms with Crippen LogP contribution in [0, 0.1) is 0 Å². The second-order valence-corrected chi connectivity index (χ2v) is 4.33. The smallest absolute Gasteiger partial charge is 0.188 e.